The number of nitrogens with one attached hydrogen (secondary N) is 2. The first-order chi connectivity index (χ1) is 12.2. The van der Waals surface area contributed by atoms with Gasteiger partial charge in [0.2, 0.25) is 0 Å². The lowest BCUT2D eigenvalue weighted by molar-refractivity contribution is -0.155. The zero-order valence-electron chi connectivity index (χ0n) is 15.1. The molecule has 0 aliphatic rings. The molecule has 4 N–H and O–H groups in total. The van der Waals surface area contributed by atoms with Crippen molar-refractivity contribution < 1.29 is 19.8 Å². The first kappa shape index (κ1) is 19.5. The van der Waals surface area contributed by atoms with E-state index in [2.05, 4.69) is 15.7 Å². The molecule has 8 heteroatoms. The molecule has 0 saturated carbocycles. The number of carboxylic acid groups (broad SMARTS) is 1. The summed E-state index contributed by atoms with van der Waals surface area (Å²) >= 11 is 0. The lowest BCUT2D eigenvalue weighted by Gasteiger charge is -2.18. The number of aryl methyl sites for hydroxylation is 1. The second-order valence-corrected chi connectivity index (χ2v) is 6.39. The lowest BCUT2D eigenvalue weighted by atomic mass is 10.1. The standard InChI is InChI=1S/C18H24N4O4/c1-4-5-15-14(21-17(25)19-11-18(3,26)16(23)24)10-20-22(15)13-8-6-12(2)7-9-13/h6-10,26H,4-5,11H2,1-3H3,(H,23,24)(H2,19,21,25). The number of aliphatic hydroxyl groups is 1. The second kappa shape index (κ2) is 8.01. The molecule has 8 nitrogen and oxygen atoms in total. The fraction of sp³-hybridized carbons (Fsp3) is 0.389. The van der Waals surface area contributed by atoms with Crippen molar-refractivity contribution >= 4 is 17.7 Å². The first-order valence-electron chi connectivity index (χ1n) is 8.39. The van der Waals surface area contributed by atoms with E-state index in [1.54, 1.807) is 10.9 Å². The van der Waals surface area contributed by atoms with Gasteiger partial charge >= 0.3 is 12.0 Å². The zero-order valence-corrected chi connectivity index (χ0v) is 15.1. The Bertz CT molecular complexity index is 781. The fourth-order valence-electron chi connectivity index (χ4n) is 2.36. The number of benzene rings is 1. The Labute approximate surface area is 151 Å². The molecule has 140 valence electrons. The SMILES string of the molecule is CCCc1c(NC(=O)NCC(C)(O)C(=O)O)cnn1-c1ccc(C)cc1. The molecule has 0 spiro atoms. The van der Waals surface area contributed by atoms with Crippen LogP contribution in [0, 0.1) is 6.92 Å². The van der Waals surface area contributed by atoms with Crippen LogP contribution in [-0.4, -0.2) is 44.1 Å². The Morgan fingerprint density at radius 1 is 1.27 bits per heavy atom. The topological polar surface area (TPSA) is 116 Å². The Balaban J connectivity index is 2.15. The maximum absolute atomic E-state index is 12.1. The summed E-state index contributed by atoms with van der Waals surface area (Å²) in [6.45, 7) is 4.74. The van der Waals surface area contributed by atoms with Crippen LogP contribution in [0.15, 0.2) is 30.5 Å². The highest BCUT2D eigenvalue weighted by Crippen LogP contribution is 2.21. The van der Waals surface area contributed by atoms with Gasteiger partial charge in [-0.05, 0) is 32.4 Å². The molecular formula is C18H24N4O4. The maximum Gasteiger partial charge on any atom is 0.337 e. The maximum atomic E-state index is 12.1. The lowest BCUT2D eigenvalue weighted by Crippen LogP contribution is -2.47. The minimum Gasteiger partial charge on any atom is -0.479 e. The average molecular weight is 360 g/mol. The molecule has 0 fully saturated rings. The van der Waals surface area contributed by atoms with E-state index in [1.807, 2.05) is 38.1 Å². The molecule has 1 aromatic heterocycles. The van der Waals surface area contributed by atoms with Gasteiger partial charge < -0.3 is 20.8 Å². The van der Waals surface area contributed by atoms with Crippen LogP contribution >= 0.6 is 0 Å². The molecule has 0 saturated heterocycles. The van der Waals surface area contributed by atoms with E-state index in [0.717, 1.165) is 30.3 Å². The third-order valence-corrected chi connectivity index (χ3v) is 3.94. The van der Waals surface area contributed by atoms with Gasteiger partial charge in [-0.1, -0.05) is 31.0 Å². The second-order valence-electron chi connectivity index (χ2n) is 6.39. The van der Waals surface area contributed by atoms with Crippen molar-refractivity contribution in [1.29, 1.82) is 0 Å². The molecule has 2 aromatic rings. The molecule has 0 radical (unpaired) electrons. The summed E-state index contributed by atoms with van der Waals surface area (Å²) in [5.41, 5.74) is 1.38. The van der Waals surface area contributed by atoms with Gasteiger partial charge in [0.1, 0.15) is 0 Å². The van der Waals surface area contributed by atoms with E-state index in [1.165, 1.54) is 0 Å². The monoisotopic (exact) mass is 360 g/mol. The van der Waals surface area contributed by atoms with E-state index in [4.69, 9.17) is 5.11 Å². The fourth-order valence-corrected chi connectivity index (χ4v) is 2.36. The number of carbonyl (C=O) groups excluding carboxylic acids is 1. The van der Waals surface area contributed by atoms with Gasteiger partial charge in [-0.2, -0.15) is 5.10 Å². The van der Waals surface area contributed by atoms with Crippen LogP contribution in [0.25, 0.3) is 5.69 Å². The minimum atomic E-state index is -2.03. The van der Waals surface area contributed by atoms with E-state index in [9.17, 15) is 14.7 Å². The predicted molar refractivity (Wildman–Crippen MR) is 97.6 cm³/mol. The minimum absolute atomic E-state index is 0.413. The van der Waals surface area contributed by atoms with Crippen molar-refractivity contribution in [2.45, 2.75) is 39.2 Å². The Hall–Kier alpha value is -2.87. The Morgan fingerprint density at radius 3 is 2.50 bits per heavy atom. The number of aromatic nitrogens is 2. The van der Waals surface area contributed by atoms with Crippen molar-refractivity contribution in [3.05, 3.63) is 41.7 Å². The molecule has 1 heterocycles. The number of anilines is 1. The number of rotatable bonds is 7. The summed E-state index contributed by atoms with van der Waals surface area (Å²) in [5.74, 6) is -1.41. The van der Waals surface area contributed by atoms with Gasteiger partial charge in [0, 0.05) is 0 Å². The highest BCUT2D eigenvalue weighted by molar-refractivity contribution is 5.90. The van der Waals surface area contributed by atoms with Crippen LogP contribution < -0.4 is 10.6 Å². The number of carbonyl (C=O) groups is 2. The summed E-state index contributed by atoms with van der Waals surface area (Å²) in [4.78, 5) is 22.9. The largest absolute Gasteiger partial charge is 0.479 e. The van der Waals surface area contributed by atoms with Crippen molar-refractivity contribution in [2.24, 2.45) is 0 Å². The molecule has 0 aliphatic heterocycles. The number of urea groups is 1. The van der Waals surface area contributed by atoms with Gasteiger partial charge in [-0.15, -0.1) is 0 Å². The quantitative estimate of drug-likeness (QED) is 0.603. The molecule has 2 rings (SSSR count). The molecule has 0 aliphatic carbocycles. The molecule has 1 aromatic carbocycles. The number of carboxylic acids is 1. The zero-order chi connectivity index (χ0) is 19.3. The van der Waals surface area contributed by atoms with Crippen LogP contribution in [0.3, 0.4) is 0 Å². The van der Waals surface area contributed by atoms with E-state index < -0.39 is 24.1 Å². The molecule has 0 bridgehead atoms. The van der Waals surface area contributed by atoms with Gasteiger partial charge in [-0.25, -0.2) is 14.3 Å². The summed E-state index contributed by atoms with van der Waals surface area (Å²) in [7, 11) is 0. The van der Waals surface area contributed by atoms with Crippen molar-refractivity contribution in [3.63, 3.8) is 0 Å². The molecular weight excluding hydrogens is 336 g/mol. The van der Waals surface area contributed by atoms with Crippen LogP contribution in [0.5, 0.6) is 0 Å². The number of amides is 2. The molecule has 26 heavy (non-hydrogen) atoms. The third-order valence-electron chi connectivity index (χ3n) is 3.94. The average Bonchev–Trinajstić information content (AvgIpc) is 2.97. The Kier molecular flexibility index (Phi) is 5.99. The van der Waals surface area contributed by atoms with E-state index in [-0.39, 0.29) is 0 Å². The number of nitrogens with zero attached hydrogens (tertiary/aromatic N) is 2. The number of hydrogen-bond acceptors (Lipinski definition) is 4. The summed E-state index contributed by atoms with van der Waals surface area (Å²) in [6.07, 6.45) is 3.12. The van der Waals surface area contributed by atoms with Gasteiger partial charge in [-0.3, -0.25) is 0 Å². The third kappa shape index (κ3) is 4.60. The van der Waals surface area contributed by atoms with E-state index >= 15 is 0 Å². The Morgan fingerprint density at radius 2 is 1.92 bits per heavy atom. The van der Waals surface area contributed by atoms with Crippen molar-refractivity contribution in [3.8, 4) is 5.69 Å². The highest BCUT2D eigenvalue weighted by atomic mass is 16.4. The summed E-state index contributed by atoms with van der Waals surface area (Å²) < 4.78 is 1.77. The van der Waals surface area contributed by atoms with Crippen molar-refractivity contribution in [1.82, 2.24) is 15.1 Å². The molecule has 1 unspecified atom stereocenters. The molecule has 2 amide bonds. The molecule has 1 atom stereocenters. The smallest absolute Gasteiger partial charge is 0.337 e. The normalized spacial score (nSPS) is 13.1. The van der Waals surface area contributed by atoms with Crippen LogP contribution in [0.2, 0.25) is 0 Å². The van der Waals surface area contributed by atoms with Gasteiger partial charge in [0.05, 0.1) is 29.8 Å². The van der Waals surface area contributed by atoms with Crippen LogP contribution in [-0.2, 0) is 11.2 Å². The number of aliphatic carboxylic acids is 1. The van der Waals surface area contributed by atoms with E-state index in [0.29, 0.717) is 12.1 Å². The predicted octanol–water partition coefficient (Wildman–Crippen LogP) is 2.09. The van der Waals surface area contributed by atoms with Gasteiger partial charge in [0.25, 0.3) is 0 Å². The summed E-state index contributed by atoms with van der Waals surface area (Å²) in [6, 6.07) is 7.28. The van der Waals surface area contributed by atoms with Crippen molar-refractivity contribution in [2.75, 3.05) is 11.9 Å². The van der Waals surface area contributed by atoms with Gasteiger partial charge in [0.15, 0.2) is 5.60 Å². The van der Waals surface area contributed by atoms with Crippen LogP contribution in [0.4, 0.5) is 10.5 Å². The van der Waals surface area contributed by atoms with Crippen LogP contribution in [0.1, 0.15) is 31.5 Å². The highest BCUT2D eigenvalue weighted by Gasteiger charge is 2.30. The number of hydrogen-bond donors (Lipinski definition) is 4. The summed E-state index contributed by atoms with van der Waals surface area (Å²) in [5, 5.41) is 27.9. The first-order valence-corrected chi connectivity index (χ1v) is 8.39.